The molecule has 6 nitrogen and oxygen atoms in total. The van der Waals surface area contributed by atoms with Crippen molar-refractivity contribution in [3.8, 4) is 11.5 Å². The number of carbonyl (C=O) groups excluding carboxylic acids is 2. The molecule has 4 rings (SSSR count). The molecule has 0 bridgehead atoms. The summed E-state index contributed by atoms with van der Waals surface area (Å²) in [6, 6.07) is 9.76. The van der Waals surface area contributed by atoms with Crippen molar-refractivity contribution in [2.24, 2.45) is 0 Å². The molecule has 0 fully saturated rings. The van der Waals surface area contributed by atoms with E-state index in [0.29, 0.717) is 46.0 Å². The molecule has 0 aromatic heterocycles. The van der Waals surface area contributed by atoms with Crippen LogP contribution in [0.5, 0.6) is 11.5 Å². The van der Waals surface area contributed by atoms with Gasteiger partial charge in [0.25, 0.3) is 11.8 Å². The normalized spacial score (nSPS) is 16.1. The predicted molar refractivity (Wildman–Crippen MR) is 111 cm³/mol. The van der Waals surface area contributed by atoms with E-state index in [1.165, 1.54) is 4.90 Å². The van der Waals surface area contributed by atoms with E-state index >= 15 is 0 Å². The highest BCUT2D eigenvalue weighted by Crippen LogP contribution is 2.38. The van der Waals surface area contributed by atoms with Gasteiger partial charge in [0.15, 0.2) is 11.5 Å². The van der Waals surface area contributed by atoms with Gasteiger partial charge in [-0.05, 0) is 38.1 Å². The topological polar surface area (TPSA) is 67.9 Å². The van der Waals surface area contributed by atoms with E-state index in [-0.39, 0.29) is 17.3 Å². The molecule has 0 saturated heterocycles. The number of fused-ring (bicyclic) bond motifs is 1. The second kappa shape index (κ2) is 7.61. The molecule has 1 N–H and O–H groups in total. The molecule has 150 valence electrons. The molecule has 2 heterocycles. The SMILES string of the molecule is CC(C)N1C(=O)C(Nc2ccc3c(c2)OCCO3)=C(c2ccc(Cl)cc2Cl)C1=O. The van der Waals surface area contributed by atoms with Crippen LogP contribution >= 0.6 is 23.2 Å². The minimum Gasteiger partial charge on any atom is -0.486 e. The molecule has 0 radical (unpaired) electrons. The maximum Gasteiger partial charge on any atom is 0.278 e. The molecule has 8 heteroatoms. The second-order valence-corrected chi connectivity index (χ2v) is 7.78. The molecule has 2 aromatic carbocycles. The minimum atomic E-state index is -0.416. The number of nitrogens with zero attached hydrogens (tertiary/aromatic N) is 1. The number of hydrogen-bond acceptors (Lipinski definition) is 5. The molecule has 0 unspecified atom stereocenters. The molecule has 29 heavy (non-hydrogen) atoms. The van der Waals surface area contributed by atoms with Crippen molar-refractivity contribution < 1.29 is 19.1 Å². The molecule has 2 aromatic rings. The number of anilines is 1. The second-order valence-electron chi connectivity index (χ2n) is 6.93. The monoisotopic (exact) mass is 432 g/mol. The Morgan fingerprint density at radius 2 is 1.69 bits per heavy atom. The smallest absolute Gasteiger partial charge is 0.278 e. The van der Waals surface area contributed by atoms with Crippen LogP contribution in [0.15, 0.2) is 42.1 Å². The molecule has 0 aliphatic carbocycles. The average Bonchev–Trinajstić information content (AvgIpc) is 2.92. The Labute approximate surface area is 178 Å². The van der Waals surface area contributed by atoms with Crippen LogP contribution in [0, 0.1) is 0 Å². The van der Waals surface area contributed by atoms with Crippen LogP contribution in [0.3, 0.4) is 0 Å². The Morgan fingerprint density at radius 3 is 2.38 bits per heavy atom. The summed E-state index contributed by atoms with van der Waals surface area (Å²) in [6.45, 7) is 4.50. The molecular formula is C21H18Cl2N2O4. The van der Waals surface area contributed by atoms with Crippen molar-refractivity contribution in [1.29, 1.82) is 0 Å². The van der Waals surface area contributed by atoms with Gasteiger partial charge in [0.05, 0.1) is 10.6 Å². The predicted octanol–water partition coefficient (Wildman–Crippen LogP) is 4.37. The van der Waals surface area contributed by atoms with Crippen LogP contribution in [0.25, 0.3) is 5.57 Å². The van der Waals surface area contributed by atoms with Gasteiger partial charge in [-0.2, -0.15) is 0 Å². The van der Waals surface area contributed by atoms with Gasteiger partial charge in [-0.3, -0.25) is 14.5 Å². The van der Waals surface area contributed by atoms with Gasteiger partial charge in [-0.1, -0.05) is 29.3 Å². The van der Waals surface area contributed by atoms with E-state index in [4.69, 9.17) is 32.7 Å². The summed E-state index contributed by atoms with van der Waals surface area (Å²) in [6.07, 6.45) is 0. The number of benzene rings is 2. The summed E-state index contributed by atoms with van der Waals surface area (Å²) in [7, 11) is 0. The lowest BCUT2D eigenvalue weighted by molar-refractivity contribution is -0.138. The van der Waals surface area contributed by atoms with E-state index in [2.05, 4.69) is 5.32 Å². The highest BCUT2D eigenvalue weighted by molar-refractivity contribution is 6.41. The van der Waals surface area contributed by atoms with Crippen LogP contribution < -0.4 is 14.8 Å². The van der Waals surface area contributed by atoms with Crippen molar-refractivity contribution in [3.63, 3.8) is 0 Å². The lowest BCUT2D eigenvalue weighted by Gasteiger charge is -2.20. The first-order valence-corrected chi connectivity index (χ1v) is 9.86. The van der Waals surface area contributed by atoms with Crippen LogP contribution in [0.4, 0.5) is 5.69 Å². The first-order valence-electron chi connectivity index (χ1n) is 9.11. The standard InChI is InChI=1S/C21H18Cl2N2O4/c1-11(2)25-20(26)18(14-5-3-12(22)9-15(14)23)19(21(25)27)24-13-4-6-16-17(10-13)29-8-7-28-16/h3-6,9-11,24H,7-8H2,1-2H3. The van der Waals surface area contributed by atoms with Crippen LogP contribution in [0.2, 0.25) is 10.0 Å². The van der Waals surface area contributed by atoms with Gasteiger partial charge in [-0.25, -0.2) is 0 Å². The Balaban J connectivity index is 1.80. The summed E-state index contributed by atoms with van der Waals surface area (Å²) in [5.41, 5.74) is 1.40. The van der Waals surface area contributed by atoms with Crippen LogP contribution in [-0.2, 0) is 9.59 Å². The number of rotatable bonds is 4. The van der Waals surface area contributed by atoms with E-state index in [1.807, 2.05) is 0 Å². The summed E-state index contributed by atoms with van der Waals surface area (Å²) in [5, 5.41) is 3.82. The van der Waals surface area contributed by atoms with Crippen molar-refractivity contribution in [2.45, 2.75) is 19.9 Å². The number of carbonyl (C=O) groups is 2. The Hall–Kier alpha value is -2.70. The van der Waals surface area contributed by atoms with E-state index < -0.39 is 11.8 Å². The summed E-state index contributed by atoms with van der Waals surface area (Å²) in [4.78, 5) is 27.4. The Kier molecular flexibility index (Phi) is 5.15. The zero-order chi connectivity index (χ0) is 20.7. The zero-order valence-corrected chi connectivity index (χ0v) is 17.3. The average molecular weight is 433 g/mol. The zero-order valence-electron chi connectivity index (χ0n) is 15.8. The number of halogens is 2. The van der Waals surface area contributed by atoms with E-state index in [0.717, 1.165) is 0 Å². The summed E-state index contributed by atoms with van der Waals surface area (Å²) in [5.74, 6) is 0.384. The highest BCUT2D eigenvalue weighted by atomic mass is 35.5. The fraction of sp³-hybridized carbons (Fsp3) is 0.238. The van der Waals surface area contributed by atoms with Crippen LogP contribution in [0.1, 0.15) is 19.4 Å². The van der Waals surface area contributed by atoms with Crippen LogP contribution in [-0.4, -0.2) is 36.0 Å². The summed E-state index contributed by atoms with van der Waals surface area (Å²) >= 11 is 12.3. The Bertz CT molecular complexity index is 1050. The number of amides is 2. The number of imide groups is 1. The molecule has 2 amide bonds. The lowest BCUT2D eigenvalue weighted by atomic mass is 10.0. The van der Waals surface area contributed by atoms with Gasteiger partial charge < -0.3 is 14.8 Å². The molecule has 2 aliphatic heterocycles. The minimum absolute atomic E-state index is 0.157. The lowest BCUT2D eigenvalue weighted by Crippen LogP contribution is -2.38. The van der Waals surface area contributed by atoms with Crippen molar-refractivity contribution >= 4 is 46.3 Å². The van der Waals surface area contributed by atoms with Crippen molar-refractivity contribution in [2.75, 3.05) is 18.5 Å². The van der Waals surface area contributed by atoms with E-state index in [9.17, 15) is 9.59 Å². The van der Waals surface area contributed by atoms with E-state index in [1.54, 1.807) is 50.2 Å². The maximum absolute atomic E-state index is 13.1. The molecule has 0 spiro atoms. The van der Waals surface area contributed by atoms with Crippen molar-refractivity contribution in [1.82, 2.24) is 4.90 Å². The fourth-order valence-corrected chi connectivity index (χ4v) is 3.84. The molecule has 2 aliphatic rings. The quantitative estimate of drug-likeness (QED) is 0.726. The van der Waals surface area contributed by atoms with Gasteiger partial charge in [0.2, 0.25) is 0 Å². The van der Waals surface area contributed by atoms with Crippen molar-refractivity contribution in [3.05, 3.63) is 57.7 Å². The largest absolute Gasteiger partial charge is 0.486 e. The van der Waals surface area contributed by atoms with Gasteiger partial charge in [-0.15, -0.1) is 0 Å². The number of ether oxygens (including phenoxy) is 2. The number of hydrogen-bond donors (Lipinski definition) is 1. The third-order valence-corrected chi connectivity index (χ3v) is 5.19. The molecule has 0 saturated carbocycles. The highest BCUT2D eigenvalue weighted by Gasteiger charge is 2.41. The molecular weight excluding hydrogens is 415 g/mol. The van der Waals surface area contributed by atoms with Gasteiger partial charge in [0, 0.05) is 28.4 Å². The number of nitrogens with one attached hydrogen (secondary N) is 1. The summed E-state index contributed by atoms with van der Waals surface area (Å²) < 4.78 is 11.1. The third kappa shape index (κ3) is 3.54. The molecule has 0 atom stereocenters. The maximum atomic E-state index is 13.1. The van der Waals surface area contributed by atoms with Gasteiger partial charge >= 0.3 is 0 Å². The first kappa shape index (κ1) is 19.6. The van der Waals surface area contributed by atoms with Gasteiger partial charge in [0.1, 0.15) is 18.9 Å². The first-order chi connectivity index (χ1) is 13.9. The third-order valence-electron chi connectivity index (χ3n) is 4.64. The Morgan fingerprint density at radius 1 is 0.966 bits per heavy atom. The fourth-order valence-electron chi connectivity index (χ4n) is 3.34.